The molecule has 1 amide bonds. The smallest absolute Gasteiger partial charge is 0.407 e. The molecule has 0 radical (unpaired) electrons. The van der Waals surface area contributed by atoms with E-state index < -0.39 is 11.7 Å². The molecule has 2 rings (SSSR count). The lowest BCUT2D eigenvalue weighted by molar-refractivity contribution is 0.0523. The minimum atomic E-state index is -0.556. The van der Waals surface area contributed by atoms with Crippen LogP contribution >= 0.6 is 0 Å². The van der Waals surface area contributed by atoms with Crippen LogP contribution in [0.2, 0.25) is 0 Å². The van der Waals surface area contributed by atoms with Crippen LogP contribution in [0.15, 0.2) is 33.7 Å². The number of aryl methyl sites for hydroxylation is 1. The van der Waals surface area contributed by atoms with Crippen molar-refractivity contribution in [3.8, 4) is 11.5 Å². The Bertz CT molecular complexity index is 766. The van der Waals surface area contributed by atoms with Crippen LogP contribution in [0.25, 0.3) is 11.5 Å². The number of rotatable bonds is 4. The van der Waals surface area contributed by atoms with Crippen LogP contribution < -0.4 is 5.32 Å². The number of oxazole rings is 1. The van der Waals surface area contributed by atoms with Gasteiger partial charge in [-0.25, -0.2) is 14.6 Å². The number of carbonyl (C=O) groups is 1. The Morgan fingerprint density at radius 1 is 1.33 bits per heavy atom. The van der Waals surface area contributed by atoms with Crippen LogP contribution in [0.5, 0.6) is 0 Å². The van der Waals surface area contributed by atoms with Gasteiger partial charge in [-0.3, -0.25) is 0 Å². The number of ether oxygens (including phenoxy) is 1. The normalized spacial score (nSPS) is 10.8. The topological polar surface area (TPSA) is 93.8 Å². The van der Waals surface area contributed by atoms with Gasteiger partial charge in [0.15, 0.2) is 0 Å². The Labute approximate surface area is 139 Å². The molecule has 126 valence electrons. The molecule has 0 aliphatic rings. The third-order valence-electron chi connectivity index (χ3n) is 2.98. The summed E-state index contributed by atoms with van der Waals surface area (Å²) in [4.78, 5) is 29.8. The maximum absolute atomic E-state index is 11.7. The van der Waals surface area contributed by atoms with E-state index in [-0.39, 0.29) is 6.54 Å². The van der Waals surface area contributed by atoms with Gasteiger partial charge in [0, 0.05) is 5.56 Å². The summed E-state index contributed by atoms with van der Waals surface area (Å²) >= 11 is 0. The quantitative estimate of drug-likeness (QED) is 0.682. The largest absolute Gasteiger partial charge is 0.444 e. The Kier molecular flexibility index (Phi) is 5.16. The van der Waals surface area contributed by atoms with E-state index in [1.165, 1.54) is 6.08 Å². The van der Waals surface area contributed by atoms with Gasteiger partial charge in [0.2, 0.25) is 12.0 Å². The van der Waals surface area contributed by atoms with E-state index in [9.17, 15) is 9.59 Å². The standard InChI is InChI=1S/C17H19N3O4/c1-11-14(9-18-16(22)24-17(2,3)4)20-15(23-11)12-5-7-13(8-6-12)19-10-21/h5-8H,9H2,1-4H3,(H,18,22). The maximum atomic E-state index is 11.7. The van der Waals surface area contributed by atoms with Crippen molar-refractivity contribution in [2.24, 2.45) is 4.99 Å². The second-order valence-electron chi connectivity index (χ2n) is 6.13. The zero-order chi connectivity index (χ0) is 17.7. The summed E-state index contributed by atoms with van der Waals surface area (Å²) in [5.74, 6) is 1.03. The molecule has 1 heterocycles. The predicted octanol–water partition coefficient (Wildman–Crippen LogP) is 3.64. The zero-order valence-electron chi connectivity index (χ0n) is 14.0. The third kappa shape index (κ3) is 4.79. The number of hydrogen-bond acceptors (Lipinski definition) is 6. The van der Waals surface area contributed by atoms with Crippen LogP contribution in [0, 0.1) is 6.92 Å². The highest BCUT2D eigenvalue weighted by atomic mass is 16.6. The van der Waals surface area contributed by atoms with Crippen LogP contribution in [0.1, 0.15) is 32.2 Å². The van der Waals surface area contributed by atoms with Crippen molar-refractivity contribution in [1.82, 2.24) is 10.3 Å². The summed E-state index contributed by atoms with van der Waals surface area (Å²) in [6, 6.07) is 6.82. The van der Waals surface area contributed by atoms with Crippen molar-refractivity contribution >= 4 is 17.9 Å². The van der Waals surface area contributed by atoms with Gasteiger partial charge in [0.25, 0.3) is 0 Å². The molecule has 0 aliphatic heterocycles. The number of amides is 1. The first-order valence-corrected chi connectivity index (χ1v) is 7.40. The SMILES string of the molecule is Cc1oc(-c2ccc(N=C=O)cc2)nc1CNC(=O)OC(C)(C)C. The molecule has 1 aromatic carbocycles. The monoisotopic (exact) mass is 329 g/mol. The van der Waals surface area contributed by atoms with E-state index in [0.717, 1.165) is 5.56 Å². The molecule has 0 fully saturated rings. The number of aromatic nitrogens is 1. The van der Waals surface area contributed by atoms with Gasteiger partial charge in [-0.1, -0.05) is 0 Å². The number of carbonyl (C=O) groups excluding carboxylic acids is 2. The summed E-state index contributed by atoms with van der Waals surface area (Å²) < 4.78 is 10.8. The molecule has 0 aliphatic carbocycles. The van der Waals surface area contributed by atoms with Crippen molar-refractivity contribution in [3.63, 3.8) is 0 Å². The summed E-state index contributed by atoms with van der Waals surface area (Å²) in [5, 5.41) is 2.65. The van der Waals surface area contributed by atoms with Crippen LogP contribution in [0.4, 0.5) is 10.5 Å². The van der Waals surface area contributed by atoms with Gasteiger partial charge >= 0.3 is 6.09 Å². The average Bonchev–Trinajstić information content (AvgIpc) is 2.86. The highest BCUT2D eigenvalue weighted by Gasteiger charge is 2.17. The zero-order valence-corrected chi connectivity index (χ0v) is 14.0. The molecule has 0 saturated heterocycles. The Hall–Kier alpha value is -2.92. The maximum Gasteiger partial charge on any atom is 0.407 e. The molecule has 7 nitrogen and oxygen atoms in total. The van der Waals surface area contributed by atoms with Gasteiger partial charge in [0.05, 0.1) is 12.2 Å². The number of benzene rings is 1. The Balaban J connectivity index is 2.07. The Morgan fingerprint density at radius 2 is 2.00 bits per heavy atom. The first-order chi connectivity index (χ1) is 11.3. The number of aliphatic imine (C=N–C) groups is 1. The second kappa shape index (κ2) is 7.10. The van der Waals surface area contributed by atoms with E-state index >= 15 is 0 Å². The number of alkyl carbamates (subject to hydrolysis) is 1. The van der Waals surface area contributed by atoms with Crippen molar-refractivity contribution in [2.45, 2.75) is 39.8 Å². The van der Waals surface area contributed by atoms with Crippen molar-refractivity contribution < 1.29 is 18.7 Å². The first kappa shape index (κ1) is 17.4. The molecule has 7 heteroatoms. The molecular weight excluding hydrogens is 310 g/mol. The van der Waals surface area contributed by atoms with E-state index in [1.54, 1.807) is 52.0 Å². The molecule has 0 saturated carbocycles. The minimum Gasteiger partial charge on any atom is -0.444 e. The van der Waals surface area contributed by atoms with Gasteiger partial charge in [-0.2, -0.15) is 4.99 Å². The highest BCUT2D eigenvalue weighted by molar-refractivity contribution is 5.67. The average molecular weight is 329 g/mol. The number of isocyanates is 1. The lowest BCUT2D eigenvalue weighted by Crippen LogP contribution is -2.32. The summed E-state index contributed by atoms with van der Waals surface area (Å²) in [7, 11) is 0. The first-order valence-electron chi connectivity index (χ1n) is 7.40. The molecule has 24 heavy (non-hydrogen) atoms. The van der Waals surface area contributed by atoms with Crippen LogP contribution in [0.3, 0.4) is 0 Å². The number of hydrogen-bond donors (Lipinski definition) is 1. The van der Waals surface area contributed by atoms with E-state index in [4.69, 9.17) is 9.15 Å². The van der Waals surface area contributed by atoms with Gasteiger partial charge in [0.1, 0.15) is 17.1 Å². The molecule has 0 unspecified atom stereocenters. The fourth-order valence-corrected chi connectivity index (χ4v) is 1.92. The molecule has 0 atom stereocenters. The fourth-order valence-electron chi connectivity index (χ4n) is 1.92. The minimum absolute atomic E-state index is 0.206. The lowest BCUT2D eigenvalue weighted by Gasteiger charge is -2.19. The number of nitrogens with one attached hydrogen (secondary N) is 1. The predicted molar refractivity (Wildman–Crippen MR) is 87.5 cm³/mol. The van der Waals surface area contributed by atoms with Crippen molar-refractivity contribution in [3.05, 3.63) is 35.7 Å². The molecule has 0 spiro atoms. The van der Waals surface area contributed by atoms with Gasteiger partial charge < -0.3 is 14.5 Å². The van der Waals surface area contributed by atoms with Gasteiger partial charge in [-0.05, 0) is 52.0 Å². The summed E-state index contributed by atoms with van der Waals surface area (Å²) in [6.45, 7) is 7.37. The summed E-state index contributed by atoms with van der Waals surface area (Å²) in [5.41, 5.74) is 1.31. The lowest BCUT2D eigenvalue weighted by atomic mass is 10.2. The Morgan fingerprint density at radius 3 is 2.58 bits per heavy atom. The number of nitrogens with zero attached hydrogens (tertiary/aromatic N) is 2. The molecule has 2 aromatic rings. The van der Waals surface area contributed by atoms with E-state index in [2.05, 4.69) is 15.3 Å². The van der Waals surface area contributed by atoms with Crippen LogP contribution in [-0.4, -0.2) is 22.8 Å². The van der Waals surface area contributed by atoms with Crippen molar-refractivity contribution in [2.75, 3.05) is 0 Å². The molecule has 1 aromatic heterocycles. The molecule has 1 N–H and O–H groups in total. The second-order valence-corrected chi connectivity index (χ2v) is 6.13. The molecule has 0 bridgehead atoms. The summed E-state index contributed by atoms with van der Waals surface area (Å²) in [6.07, 6.45) is 0.972. The third-order valence-corrected chi connectivity index (χ3v) is 2.98. The fraction of sp³-hybridized carbons (Fsp3) is 0.353. The highest BCUT2D eigenvalue weighted by Crippen LogP contribution is 2.24. The molecular formula is C17H19N3O4. The van der Waals surface area contributed by atoms with Gasteiger partial charge in [-0.15, -0.1) is 0 Å². The van der Waals surface area contributed by atoms with Crippen LogP contribution in [-0.2, 0) is 16.1 Å². The van der Waals surface area contributed by atoms with E-state index in [1.807, 2.05) is 0 Å². The van der Waals surface area contributed by atoms with Crippen molar-refractivity contribution in [1.29, 1.82) is 0 Å². The van der Waals surface area contributed by atoms with E-state index in [0.29, 0.717) is 23.0 Å².